The minimum Gasteiger partial charge on any atom is -0.389 e. The minimum atomic E-state index is -0.422. The van der Waals surface area contributed by atoms with Crippen molar-refractivity contribution in [1.82, 2.24) is 0 Å². The molecule has 0 spiro atoms. The summed E-state index contributed by atoms with van der Waals surface area (Å²) in [6, 6.07) is 8.47. The fraction of sp³-hybridized carbons (Fsp3) is 0.647. The normalized spacial score (nSPS) is 43.7. The van der Waals surface area contributed by atoms with Gasteiger partial charge >= 0.3 is 0 Å². The van der Waals surface area contributed by atoms with Crippen LogP contribution in [0.4, 0.5) is 0 Å². The monoisotopic (exact) mass is 320 g/mol. The molecule has 4 aliphatic carbocycles. The van der Waals surface area contributed by atoms with E-state index in [1.165, 1.54) is 37.7 Å². The van der Waals surface area contributed by atoms with Crippen molar-refractivity contribution >= 4 is 15.9 Å². The Morgan fingerprint density at radius 2 is 1.68 bits per heavy atom. The Labute approximate surface area is 123 Å². The molecule has 0 saturated heterocycles. The van der Waals surface area contributed by atoms with Gasteiger partial charge < -0.3 is 5.11 Å². The predicted octanol–water partition coefficient (Wildman–Crippen LogP) is 4.18. The van der Waals surface area contributed by atoms with Crippen molar-refractivity contribution in [2.45, 2.75) is 44.1 Å². The average Bonchev–Trinajstić information content (AvgIpc) is 2.35. The van der Waals surface area contributed by atoms with Crippen molar-refractivity contribution in [3.05, 3.63) is 34.3 Å². The van der Waals surface area contributed by atoms with E-state index in [9.17, 15) is 5.11 Å². The molecule has 0 radical (unpaired) electrons. The van der Waals surface area contributed by atoms with Crippen LogP contribution in [0.5, 0.6) is 0 Å². The molecular formula is C17H21BrO. The lowest BCUT2D eigenvalue weighted by atomic mass is 9.49. The van der Waals surface area contributed by atoms with Gasteiger partial charge in [-0.15, -0.1) is 0 Å². The van der Waals surface area contributed by atoms with Crippen molar-refractivity contribution in [2.75, 3.05) is 0 Å². The zero-order valence-electron chi connectivity index (χ0n) is 11.2. The second-order valence-corrected chi connectivity index (χ2v) is 8.02. The minimum absolute atomic E-state index is 0.422. The van der Waals surface area contributed by atoms with Crippen molar-refractivity contribution in [2.24, 2.45) is 23.7 Å². The lowest BCUT2D eigenvalue weighted by Gasteiger charge is -2.59. The Balaban J connectivity index is 1.63. The molecule has 4 saturated carbocycles. The van der Waals surface area contributed by atoms with Gasteiger partial charge in [0.05, 0.1) is 5.60 Å². The van der Waals surface area contributed by atoms with Gasteiger partial charge in [-0.3, -0.25) is 0 Å². The molecule has 5 rings (SSSR count). The fourth-order valence-corrected chi connectivity index (χ4v) is 5.71. The number of aliphatic hydroxyl groups is 1. The maximum absolute atomic E-state index is 11.3. The van der Waals surface area contributed by atoms with Crippen molar-refractivity contribution in [3.8, 4) is 0 Å². The molecule has 4 bridgehead atoms. The standard InChI is InChI=1S/C17H21BrO/c18-16-3-1-2-11(9-16)10-17(19)14-5-12-4-13(7-14)8-15(17)6-12/h1-3,9,12-15,19H,4-8,10H2. The van der Waals surface area contributed by atoms with Gasteiger partial charge in [0.25, 0.3) is 0 Å². The van der Waals surface area contributed by atoms with Crippen LogP contribution < -0.4 is 0 Å². The maximum atomic E-state index is 11.3. The van der Waals surface area contributed by atoms with Crippen molar-refractivity contribution in [1.29, 1.82) is 0 Å². The predicted molar refractivity (Wildman–Crippen MR) is 79.8 cm³/mol. The molecule has 1 nitrogen and oxygen atoms in total. The summed E-state index contributed by atoms with van der Waals surface area (Å²) in [5.41, 5.74) is 0.859. The van der Waals surface area contributed by atoms with Crippen LogP contribution in [0.15, 0.2) is 28.7 Å². The highest BCUT2D eigenvalue weighted by molar-refractivity contribution is 9.10. The zero-order chi connectivity index (χ0) is 13.0. The molecule has 1 N–H and O–H groups in total. The highest BCUT2D eigenvalue weighted by atomic mass is 79.9. The van der Waals surface area contributed by atoms with Gasteiger partial charge in [-0.1, -0.05) is 28.1 Å². The summed E-state index contributed by atoms with van der Waals surface area (Å²) in [6.45, 7) is 0. The van der Waals surface area contributed by atoms with Gasteiger partial charge in [0.1, 0.15) is 0 Å². The van der Waals surface area contributed by atoms with Gasteiger partial charge in [0.15, 0.2) is 0 Å². The van der Waals surface area contributed by atoms with Gasteiger partial charge in [-0.2, -0.15) is 0 Å². The van der Waals surface area contributed by atoms with Crippen molar-refractivity contribution < 1.29 is 5.11 Å². The van der Waals surface area contributed by atoms with Crippen LogP contribution in [-0.4, -0.2) is 10.7 Å². The average molecular weight is 321 g/mol. The molecule has 4 aliphatic rings. The van der Waals surface area contributed by atoms with Crippen LogP contribution in [0.2, 0.25) is 0 Å². The largest absolute Gasteiger partial charge is 0.389 e. The first-order chi connectivity index (χ1) is 9.13. The highest BCUT2D eigenvalue weighted by Gasteiger charge is 2.56. The van der Waals surface area contributed by atoms with Gasteiger partial charge in [0.2, 0.25) is 0 Å². The fourth-order valence-electron chi connectivity index (χ4n) is 5.26. The smallest absolute Gasteiger partial charge is 0.0744 e. The topological polar surface area (TPSA) is 20.2 Å². The van der Waals surface area contributed by atoms with E-state index in [1.807, 2.05) is 0 Å². The van der Waals surface area contributed by atoms with Crippen LogP contribution in [0.3, 0.4) is 0 Å². The summed E-state index contributed by atoms with van der Waals surface area (Å²) >= 11 is 3.54. The summed E-state index contributed by atoms with van der Waals surface area (Å²) in [6.07, 6.45) is 7.39. The molecule has 19 heavy (non-hydrogen) atoms. The Hall–Kier alpha value is -0.340. The molecule has 0 amide bonds. The zero-order valence-corrected chi connectivity index (χ0v) is 12.8. The molecule has 102 valence electrons. The maximum Gasteiger partial charge on any atom is 0.0744 e. The molecule has 0 aliphatic heterocycles. The molecule has 2 heteroatoms. The molecule has 1 aromatic carbocycles. The second-order valence-electron chi connectivity index (χ2n) is 7.10. The van der Waals surface area contributed by atoms with E-state index in [0.29, 0.717) is 11.8 Å². The summed E-state index contributed by atoms with van der Waals surface area (Å²) < 4.78 is 1.12. The molecule has 4 fully saturated rings. The molecule has 0 atom stereocenters. The summed E-state index contributed by atoms with van der Waals surface area (Å²) in [5, 5.41) is 11.3. The van der Waals surface area contributed by atoms with E-state index in [1.54, 1.807) is 0 Å². The quantitative estimate of drug-likeness (QED) is 0.866. The van der Waals surface area contributed by atoms with Crippen LogP contribution >= 0.6 is 15.9 Å². The summed E-state index contributed by atoms with van der Waals surface area (Å²) in [5.74, 6) is 2.96. The summed E-state index contributed by atoms with van der Waals surface area (Å²) in [7, 11) is 0. The number of hydrogen-bond donors (Lipinski definition) is 1. The van der Waals surface area contributed by atoms with Crippen LogP contribution in [0.25, 0.3) is 0 Å². The lowest BCUT2D eigenvalue weighted by Crippen LogP contribution is -2.58. The van der Waals surface area contributed by atoms with Crippen LogP contribution in [-0.2, 0) is 6.42 Å². The van der Waals surface area contributed by atoms with E-state index < -0.39 is 5.60 Å². The first-order valence-electron chi connectivity index (χ1n) is 7.60. The molecule has 0 unspecified atom stereocenters. The second kappa shape index (κ2) is 4.33. The third-order valence-electron chi connectivity index (χ3n) is 5.93. The third kappa shape index (κ3) is 1.99. The van der Waals surface area contributed by atoms with E-state index in [2.05, 4.69) is 40.2 Å². The summed E-state index contributed by atoms with van der Waals surface area (Å²) in [4.78, 5) is 0. The third-order valence-corrected chi connectivity index (χ3v) is 6.42. The molecule has 0 heterocycles. The first kappa shape index (κ1) is 12.4. The number of rotatable bonds is 2. The highest BCUT2D eigenvalue weighted by Crippen LogP contribution is 2.59. The first-order valence-corrected chi connectivity index (χ1v) is 8.39. The van der Waals surface area contributed by atoms with Crippen LogP contribution in [0, 0.1) is 23.7 Å². The SMILES string of the molecule is OC1(Cc2cccc(Br)c2)C2CC3CC(C2)CC1C3. The van der Waals surface area contributed by atoms with E-state index >= 15 is 0 Å². The Bertz CT molecular complexity index is 468. The van der Waals surface area contributed by atoms with Crippen LogP contribution in [0.1, 0.15) is 37.7 Å². The van der Waals surface area contributed by atoms with E-state index in [4.69, 9.17) is 0 Å². The number of hydrogen-bond acceptors (Lipinski definition) is 1. The molecule has 1 aromatic rings. The molecule has 0 aromatic heterocycles. The Kier molecular flexibility index (Phi) is 2.82. The van der Waals surface area contributed by atoms with E-state index in [0.717, 1.165) is 22.7 Å². The number of benzene rings is 1. The van der Waals surface area contributed by atoms with Gasteiger partial charge in [-0.05, 0) is 73.5 Å². The Morgan fingerprint density at radius 3 is 2.26 bits per heavy atom. The van der Waals surface area contributed by atoms with Gasteiger partial charge in [0, 0.05) is 10.9 Å². The van der Waals surface area contributed by atoms with Gasteiger partial charge in [-0.25, -0.2) is 0 Å². The van der Waals surface area contributed by atoms with E-state index in [-0.39, 0.29) is 0 Å². The number of halogens is 1. The lowest BCUT2D eigenvalue weighted by molar-refractivity contribution is -0.171. The Morgan fingerprint density at radius 1 is 1.05 bits per heavy atom. The van der Waals surface area contributed by atoms with Crippen molar-refractivity contribution in [3.63, 3.8) is 0 Å². The molecular weight excluding hydrogens is 300 g/mol.